The molecule has 0 radical (unpaired) electrons. The molecule has 0 saturated carbocycles. The molecular weight excluding hydrogens is 328 g/mol. The standard InChI is InChI=1S/C13H17BrN2O4/c14-10-1-2-12(19)16(7-10)8-11(18)15-13(9-17)3-5-20-6-4-13/h1-2,7,17H,3-6,8-9H2,(H,15,18). The summed E-state index contributed by atoms with van der Waals surface area (Å²) < 4.78 is 7.29. The summed E-state index contributed by atoms with van der Waals surface area (Å²) in [7, 11) is 0. The van der Waals surface area contributed by atoms with Gasteiger partial charge in [-0.15, -0.1) is 0 Å². The van der Waals surface area contributed by atoms with Crippen molar-refractivity contribution in [1.29, 1.82) is 0 Å². The number of hydrogen-bond donors (Lipinski definition) is 2. The van der Waals surface area contributed by atoms with Crippen LogP contribution in [0.3, 0.4) is 0 Å². The number of carbonyl (C=O) groups excluding carboxylic acids is 1. The SMILES string of the molecule is O=C(Cn1cc(Br)ccc1=O)NC1(CO)CCOCC1. The molecule has 1 amide bonds. The topological polar surface area (TPSA) is 80.6 Å². The number of hydrogen-bond acceptors (Lipinski definition) is 4. The second kappa shape index (κ2) is 6.51. The first-order chi connectivity index (χ1) is 9.54. The van der Waals surface area contributed by atoms with Crippen molar-refractivity contribution >= 4 is 21.8 Å². The predicted molar refractivity (Wildman–Crippen MR) is 76.4 cm³/mol. The van der Waals surface area contributed by atoms with Crippen molar-refractivity contribution in [2.45, 2.75) is 24.9 Å². The number of halogens is 1. The smallest absolute Gasteiger partial charge is 0.251 e. The fourth-order valence-electron chi connectivity index (χ4n) is 2.20. The van der Waals surface area contributed by atoms with Gasteiger partial charge < -0.3 is 19.7 Å². The minimum absolute atomic E-state index is 0.0686. The van der Waals surface area contributed by atoms with E-state index >= 15 is 0 Å². The summed E-state index contributed by atoms with van der Waals surface area (Å²) in [5.41, 5.74) is -0.876. The van der Waals surface area contributed by atoms with Gasteiger partial charge in [0.1, 0.15) is 6.54 Å². The highest BCUT2D eigenvalue weighted by Gasteiger charge is 2.33. The number of pyridine rings is 1. The van der Waals surface area contributed by atoms with Crippen molar-refractivity contribution in [3.8, 4) is 0 Å². The molecule has 2 rings (SSSR count). The van der Waals surface area contributed by atoms with Gasteiger partial charge in [-0.05, 0) is 34.8 Å². The van der Waals surface area contributed by atoms with Crippen molar-refractivity contribution in [3.63, 3.8) is 0 Å². The number of aliphatic hydroxyl groups excluding tert-OH is 1. The van der Waals surface area contributed by atoms with Gasteiger partial charge in [0.05, 0.1) is 12.1 Å². The molecule has 20 heavy (non-hydrogen) atoms. The summed E-state index contributed by atoms with van der Waals surface area (Å²) in [5.74, 6) is -0.291. The van der Waals surface area contributed by atoms with Gasteiger partial charge in [-0.1, -0.05) is 0 Å². The molecule has 0 aliphatic carbocycles. The Morgan fingerprint density at radius 2 is 2.15 bits per heavy atom. The van der Waals surface area contributed by atoms with Crippen molar-refractivity contribution in [2.75, 3.05) is 19.8 Å². The second-order valence-corrected chi connectivity index (χ2v) is 5.83. The highest BCUT2D eigenvalue weighted by molar-refractivity contribution is 9.10. The van der Waals surface area contributed by atoms with Crippen LogP contribution < -0.4 is 10.9 Å². The van der Waals surface area contributed by atoms with Gasteiger partial charge in [0, 0.05) is 29.9 Å². The first-order valence-corrected chi connectivity index (χ1v) is 7.20. The Morgan fingerprint density at radius 1 is 1.45 bits per heavy atom. The van der Waals surface area contributed by atoms with E-state index < -0.39 is 5.54 Å². The van der Waals surface area contributed by atoms with Crippen LogP contribution in [0.4, 0.5) is 0 Å². The zero-order valence-corrected chi connectivity index (χ0v) is 12.6. The summed E-state index contributed by atoms with van der Waals surface area (Å²) in [6.07, 6.45) is 2.71. The zero-order chi connectivity index (χ0) is 14.6. The summed E-state index contributed by atoms with van der Waals surface area (Å²) in [5, 5.41) is 12.3. The van der Waals surface area contributed by atoms with Crippen molar-refractivity contribution in [2.24, 2.45) is 0 Å². The Kier molecular flexibility index (Phi) is 4.95. The summed E-state index contributed by atoms with van der Waals surface area (Å²) >= 11 is 3.26. The first-order valence-electron chi connectivity index (χ1n) is 6.40. The minimum atomic E-state index is -0.634. The van der Waals surface area contributed by atoms with Crippen LogP contribution in [0.15, 0.2) is 27.6 Å². The molecule has 0 bridgehead atoms. The lowest BCUT2D eigenvalue weighted by molar-refractivity contribution is -0.125. The fraction of sp³-hybridized carbons (Fsp3) is 0.538. The van der Waals surface area contributed by atoms with Gasteiger partial charge >= 0.3 is 0 Å². The maximum Gasteiger partial charge on any atom is 0.251 e. The first kappa shape index (κ1) is 15.2. The molecule has 1 aromatic heterocycles. The molecular formula is C13H17BrN2O4. The number of ether oxygens (including phenoxy) is 1. The number of aromatic nitrogens is 1. The van der Waals surface area contributed by atoms with E-state index in [0.717, 1.165) is 4.47 Å². The Bertz CT molecular complexity index is 537. The Balaban J connectivity index is 2.04. The Morgan fingerprint density at radius 3 is 2.80 bits per heavy atom. The summed E-state index contributed by atoms with van der Waals surface area (Å²) in [6, 6.07) is 3.03. The van der Waals surface area contributed by atoms with E-state index in [-0.39, 0.29) is 24.6 Å². The molecule has 1 aromatic rings. The van der Waals surface area contributed by atoms with E-state index in [1.165, 1.54) is 10.6 Å². The molecule has 1 aliphatic heterocycles. The highest BCUT2D eigenvalue weighted by atomic mass is 79.9. The number of rotatable bonds is 4. The molecule has 0 aromatic carbocycles. The minimum Gasteiger partial charge on any atom is -0.394 e. The lowest BCUT2D eigenvalue weighted by atomic mass is 9.91. The van der Waals surface area contributed by atoms with Crippen molar-refractivity contribution < 1.29 is 14.6 Å². The molecule has 0 unspecified atom stereocenters. The van der Waals surface area contributed by atoms with Crippen LogP contribution in [0.5, 0.6) is 0 Å². The zero-order valence-electron chi connectivity index (χ0n) is 11.0. The summed E-state index contributed by atoms with van der Waals surface area (Å²) in [4.78, 5) is 23.7. The maximum atomic E-state index is 12.1. The van der Waals surface area contributed by atoms with E-state index in [4.69, 9.17) is 4.74 Å². The Hall–Kier alpha value is -1.18. The van der Waals surface area contributed by atoms with Gasteiger partial charge in [-0.2, -0.15) is 0 Å². The molecule has 110 valence electrons. The van der Waals surface area contributed by atoms with E-state index in [1.54, 1.807) is 12.3 Å². The van der Waals surface area contributed by atoms with E-state index in [0.29, 0.717) is 26.1 Å². The van der Waals surface area contributed by atoms with E-state index in [1.807, 2.05) is 0 Å². The molecule has 0 atom stereocenters. The van der Waals surface area contributed by atoms with Gasteiger partial charge in [0.25, 0.3) is 5.56 Å². The molecule has 1 aliphatic rings. The predicted octanol–water partition coefficient (Wildman–Crippen LogP) is 0.268. The molecule has 0 spiro atoms. The van der Waals surface area contributed by atoms with Gasteiger partial charge in [0.15, 0.2) is 0 Å². The second-order valence-electron chi connectivity index (χ2n) is 4.91. The molecule has 1 fully saturated rings. The van der Waals surface area contributed by atoms with Gasteiger partial charge in [-0.25, -0.2) is 0 Å². The van der Waals surface area contributed by atoms with Crippen molar-refractivity contribution in [1.82, 2.24) is 9.88 Å². The molecule has 2 heterocycles. The average Bonchev–Trinajstić information content (AvgIpc) is 2.44. The normalized spacial score (nSPS) is 17.7. The molecule has 1 saturated heterocycles. The van der Waals surface area contributed by atoms with E-state index in [9.17, 15) is 14.7 Å². The van der Waals surface area contributed by atoms with E-state index in [2.05, 4.69) is 21.2 Å². The van der Waals surface area contributed by atoms with Crippen LogP contribution in [0.2, 0.25) is 0 Å². The largest absolute Gasteiger partial charge is 0.394 e. The third-order valence-electron chi connectivity index (χ3n) is 3.42. The fourth-order valence-corrected chi connectivity index (χ4v) is 2.58. The highest BCUT2D eigenvalue weighted by Crippen LogP contribution is 2.19. The lowest BCUT2D eigenvalue weighted by Crippen LogP contribution is -2.55. The van der Waals surface area contributed by atoms with Crippen LogP contribution in [0.1, 0.15) is 12.8 Å². The Labute approximate surface area is 124 Å². The van der Waals surface area contributed by atoms with Crippen LogP contribution in [0, 0.1) is 0 Å². The van der Waals surface area contributed by atoms with Crippen molar-refractivity contribution in [3.05, 3.63) is 33.2 Å². The quantitative estimate of drug-likeness (QED) is 0.821. The van der Waals surface area contributed by atoms with Gasteiger partial charge in [0.2, 0.25) is 5.91 Å². The number of nitrogens with zero attached hydrogens (tertiary/aromatic N) is 1. The van der Waals surface area contributed by atoms with Crippen LogP contribution in [0.25, 0.3) is 0 Å². The van der Waals surface area contributed by atoms with Gasteiger partial charge in [-0.3, -0.25) is 9.59 Å². The lowest BCUT2D eigenvalue weighted by Gasteiger charge is -2.36. The third kappa shape index (κ3) is 3.68. The number of carbonyl (C=O) groups is 1. The third-order valence-corrected chi connectivity index (χ3v) is 3.89. The molecule has 6 nitrogen and oxygen atoms in total. The maximum absolute atomic E-state index is 12.1. The summed E-state index contributed by atoms with van der Waals surface area (Å²) in [6.45, 7) is 0.825. The van der Waals surface area contributed by atoms with Crippen LogP contribution in [-0.2, 0) is 16.1 Å². The number of amides is 1. The molecule has 2 N–H and O–H groups in total. The molecule has 7 heteroatoms. The van der Waals surface area contributed by atoms with Crippen LogP contribution >= 0.6 is 15.9 Å². The number of nitrogens with one attached hydrogen (secondary N) is 1. The monoisotopic (exact) mass is 344 g/mol. The number of aliphatic hydroxyl groups is 1. The van der Waals surface area contributed by atoms with Crippen LogP contribution in [-0.4, -0.2) is 40.9 Å². The average molecular weight is 345 g/mol.